The van der Waals surface area contributed by atoms with Crippen molar-refractivity contribution in [3.05, 3.63) is 59.2 Å². The van der Waals surface area contributed by atoms with Gasteiger partial charge in [0.05, 0.1) is 23.3 Å². The van der Waals surface area contributed by atoms with E-state index in [1.807, 2.05) is 22.4 Å². The lowest BCUT2D eigenvalue weighted by atomic mass is 10.1. The van der Waals surface area contributed by atoms with E-state index in [0.717, 1.165) is 40.4 Å². The number of nitrogens with zero attached hydrogens (tertiary/aromatic N) is 4. The van der Waals surface area contributed by atoms with Gasteiger partial charge in [-0.1, -0.05) is 0 Å². The van der Waals surface area contributed by atoms with Gasteiger partial charge in [-0.15, -0.1) is 11.3 Å². The Bertz CT molecular complexity index is 1250. The van der Waals surface area contributed by atoms with Gasteiger partial charge in [0, 0.05) is 49.2 Å². The molecule has 1 saturated heterocycles. The minimum absolute atomic E-state index is 0.000423. The molecular weight excluding hydrogens is 429 g/mol. The zero-order chi connectivity index (χ0) is 22.1. The zero-order valence-electron chi connectivity index (χ0n) is 17.3. The summed E-state index contributed by atoms with van der Waals surface area (Å²) in [6.07, 6.45) is 0. The lowest BCUT2D eigenvalue weighted by Gasteiger charge is -2.34. The first-order valence-corrected chi connectivity index (χ1v) is 11.3. The summed E-state index contributed by atoms with van der Waals surface area (Å²) in [6, 6.07) is 11.7. The molecule has 1 amide bonds. The number of carbonyl (C=O) groups is 1. The van der Waals surface area contributed by atoms with Gasteiger partial charge in [0.2, 0.25) is 0 Å². The fourth-order valence-corrected chi connectivity index (χ4v) is 4.65. The summed E-state index contributed by atoms with van der Waals surface area (Å²) in [6.45, 7) is 3.61. The number of aliphatic hydroxyl groups is 1. The highest BCUT2D eigenvalue weighted by Gasteiger charge is 2.22. The fourth-order valence-electron chi connectivity index (χ4n) is 3.88. The molecule has 9 heteroatoms. The fraction of sp³-hybridized carbons (Fsp3) is 0.261. The van der Waals surface area contributed by atoms with E-state index in [9.17, 15) is 9.18 Å². The highest BCUT2D eigenvalue weighted by molar-refractivity contribution is 7.13. The number of aliphatic hydroxyl groups excluding tert-OH is 1. The number of carbonyl (C=O) groups excluding carboxylic acids is 1. The van der Waals surface area contributed by atoms with Crippen molar-refractivity contribution in [2.75, 3.05) is 39.3 Å². The Kier molecular flexibility index (Phi) is 5.69. The van der Waals surface area contributed by atoms with E-state index in [1.165, 1.54) is 23.5 Å². The van der Waals surface area contributed by atoms with Crippen LogP contribution < -0.4 is 0 Å². The second kappa shape index (κ2) is 8.78. The third-order valence-electron chi connectivity index (χ3n) is 5.65. The molecule has 7 nitrogen and oxygen atoms in total. The Hall–Kier alpha value is -3.14. The number of hydrogen-bond acceptors (Lipinski definition) is 6. The number of aromatic amines is 1. The second-order valence-electron chi connectivity index (χ2n) is 7.72. The quantitative estimate of drug-likeness (QED) is 0.487. The van der Waals surface area contributed by atoms with Gasteiger partial charge in [-0.3, -0.25) is 9.69 Å². The number of hydrogen-bond donors (Lipinski definition) is 2. The summed E-state index contributed by atoms with van der Waals surface area (Å²) in [5.74, 6) is 0.360. The lowest BCUT2D eigenvalue weighted by molar-refractivity contribution is 0.0615. The molecule has 3 heterocycles. The number of imidazole rings is 1. The predicted octanol–water partition coefficient (Wildman–Crippen LogP) is 3.24. The topological polar surface area (TPSA) is 85.4 Å². The molecule has 0 aliphatic carbocycles. The van der Waals surface area contributed by atoms with Crippen molar-refractivity contribution in [2.24, 2.45) is 0 Å². The van der Waals surface area contributed by atoms with Crippen LogP contribution in [-0.2, 0) is 0 Å². The number of benzene rings is 2. The van der Waals surface area contributed by atoms with Crippen molar-refractivity contribution >= 4 is 28.3 Å². The van der Waals surface area contributed by atoms with Crippen molar-refractivity contribution in [1.29, 1.82) is 0 Å². The monoisotopic (exact) mass is 451 g/mol. The van der Waals surface area contributed by atoms with Gasteiger partial charge in [-0.2, -0.15) is 0 Å². The first-order chi connectivity index (χ1) is 15.6. The third kappa shape index (κ3) is 4.14. The Balaban J connectivity index is 1.34. The van der Waals surface area contributed by atoms with Crippen LogP contribution in [0, 0.1) is 5.82 Å². The van der Waals surface area contributed by atoms with Gasteiger partial charge in [0.15, 0.2) is 10.8 Å². The molecule has 4 aromatic rings. The summed E-state index contributed by atoms with van der Waals surface area (Å²) < 4.78 is 13.2. The van der Waals surface area contributed by atoms with E-state index in [-0.39, 0.29) is 18.3 Å². The number of piperazine rings is 1. The maximum absolute atomic E-state index is 13.2. The smallest absolute Gasteiger partial charge is 0.254 e. The number of amides is 1. The van der Waals surface area contributed by atoms with Crippen LogP contribution in [0.4, 0.5) is 4.39 Å². The summed E-state index contributed by atoms with van der Waals surface area (Å²) in [5.41, 5.74) is 3.78. The summed E-state index contributed by atoms with van der Waals surface area (Å²) in [7, 11) is 0. The van der Waals surface area contributed by atoms with Crippen LogP contribution in [0.1, 0.15) is 10.4 Å². The molecule has 0 bridgehead atoms. The Morgan fingerprint density at radius 1 is 1.09 bits per heavy atom. The van der Waals surface area contributed by atoms with E-state index in [2.05, 4.69) is 19.9 Å². The van der Waals surface area contributed by atoms with Crippen molar-refractivity contribution in [3.8, 4) is 22.1 Å². The maximum atomic E-state index is 13.2. The first kappa shape index (κ1) is 20.7. The number of aromatic nitrogens is 3. The lowest BCUT2D eigenvalue weighted by Crippen LogP contribution is -2.49. The zero-order valence-corrected chi connectivity index (χ0v) is 18.1. The van der Waals surface area contributed by atoms with Crippen LogP contribution in [0.15, 0.2) is 47.8 Å². The second-order valence-corrected chi connectivity index (χ2v) is 8.58. The molecule has 0 spiro atoms. The molecule has 164 valence electrons. The number of nitrogens with one attached hydrogen (secondary N) is 1. The van der Waals surface area contributed by atoms with E-state index in [1.54, 1.807) is 18.2 Å². The molecule has 0 radical (unpaired) electrons. The highest BCUT2D eigenvalue weighted by Crippen LogP contribution is 2.29. The summed E-state index contributed by atoms with van der Waals surface area (Å²) in [5, 5.41) is 11.7. The Morgan fingerprint density at radius 2 is 1.88 bits per heavy atom. The molecule has 32 heavy (non-hydrogen) atoms. The van der Waals surface area contributed by atoms with Crippen LogP contribution in [0.3, 0.4) is 0 Å². The predicted molar refractivity (Wildman–Crippen MR) is 122 cm³/mol. The number of fused-ring (bicyclic) bond motifs is 1. The summed E-state index contributed by atoms with van der Waals surface area (Å²) in [4.78, 5) is 29.5. The van der Waals surface area contributed by atoms with E-state index in [0.29, 0.717) is 31.0 Å². The molecule has 2 N–H and O–H groups in total. The van der Waals surface area contributed by atoms with Gasteiger partial charge < -0.3 is 15.0 Å². The summed E-state index contributed by atoms with van der Waals surface area (Å²) >= 11 is 1.46. The average Bonchev–Trinajstić information content (AvgIpc) is 3.47. The standard InChI is InChI=1S/C23H22FN5O2S/c24-17-4-1-15(2-5-17)20-14-32-22(27-20)21-25-18-6-3-16(13-19(18)26-21)23(31)29-9-7-28(8-10-29)11-12-30/h1-6,13-14,30H,7-12H2,(H,25,26). The largest absolute Gasteiger partial charge is 0.395 e. The molecular formula is C23H22FN5O2S. The van der Waals surface area contributed by atoms with Crippen molar-refractivity contribution < 1.29 is 14.3 Å². The molecule has 2 aromatic heterocycles. The van der Waals surface area contributed by atoms with Gasteiger partial charge in [-0.05, 0) is 42.5 Å². The van der Waals surface area contributed by atoms with Gasteiger partial charge in [0.1, 0.15) is 5.82 Å². The van der Waals surface area contributed by atoms with Crippen LogP contribution in [-0.4, -0.2) is 75.1 Å². The molecule has 1 aliphatic rings. The van der Waals surface area contributed by atoms with E-state index < -0.39 is 0 Å². The van der Waals surface area contributed by atoms with Gasteiger partial charge >= 0.3 is 0 Å². The van der Waals surface area contributed by atoms with Gasteiger partial charge in [-0.25, -0.2) is 14.4 Å². The van der Waals surface area contributed by atoms with E-state index in [4.69, 9.17) is 5.11 Å². The number of rotatable bonds is 5. The number of β-amino-alcohol motifs (C(OH)–C–C–N with tert-alkyl or cyclic N) is 1. The molecule has 5 rings (SSSR count). The number of thiazole rings is 1. The SMILES string of the molecule is O=C(c1ccc2nc(-c3nc(-c4ccc(F)cc4)cs3)[nH]c2c1)N1CCN(CCO)CC1. The molecule has 0 saturated carbocycles. The molecule has 1 fully saturated rings. The molecule has 2 aromatic carbocycles. The number of halogens is 1. The van der Waals surface area contributed by atoms with Crippen molar-refractivity contribution in [1.82, 2.24) is 24.8 Å². The van der Waals surface area contributed by atoms with Crippen LogP contribution in [0.2, 0.25) is 0 Å². The van der Waals surface area contributed by atoms with Crippen molar-refractivity contribution in [3.63, 3.8) is 0 Å². The molecule has 0 atom stereocenters. The Morgan fingerprint density at radius 3 is 2.62 bits per heavy atom. The van der Waals surface area contributed by atoms with Crippen LogP contribution >= 0.6 is 11.3 Å². The average molecular weight is 452 g/mol. The number of H-pyrrole nitrogens is 1. The van der Waals surface area contributed by atoms with Crippen molar-refractivity contribution in [2.45, 2.75) is 0 Å². The Labute approximate surface area is 188 Å². The van der Waals surface area contributed by atoms with Gasteiger partial charge in [0.25, 0.3) is 5.91 Å². The normalized spacial score (nSPS) is 14.9. The minimum atomic E-state index is -0.279. The third-order valence-corrected chi connectivity index (χ3v) is 6.50. The molecule has 0 unspecified atom stereocenters. The minimum Gasteiger partial charge on any atom is -0.395 e. The maximum Gasteiger partial charge on any atom is 0.254 e. The first-order valence-electron chi connectivity index (χ1n) is 10.4. The molecule has 1 aliphatic heterocycles. The van der Waals surface area contributed by atoms with Crippen LogP contribution in [0.25, 0.3) is 33.1 Å². The van der Waals surface area contributed by atoms with Crippen LogP contribution in [0.5, 0.6) is 0 Å². The van der Waals surface area contributed by atoms with E-state index >= 15 is 0 Å². The highest BCUT2D eigenvalue weighted by atomic mass is 32.1.